The van der Waals surface area contributed by atoms with Crippen LogP contribution in [0.3, 0.4) is 0 Å². The van der Waals surface area contributed by atoms with Crippen molar-refractivity contribution in [3.05, 3.63) is 47.4 Å². The topological polar surface area (TPSA) is 64.9 Å². The van der Waals surface area contributed by atoms with Crippen LogP contribution in [0, 0.1) is 11.7 Å². The van der Waals surface area contributed by atoms with Crippen LogP contribution < -0.4 is 5.73 Å². The zero-order valence-corrected chi connectivity index (χ0v) is 12.2. The van der Waals surface area contributed by atoms with E-state index in [1.54, 1.807) is 12.1 Å². The maximum Gasteiger partial charge on any atom is 0.243 e. The average Bonchev–Trinajstić information content (AvgIpc) is 2.88. The van der Waals surface area contributed by atoms with Gasteiger partial charge >= 0.3 is 0 Å². The minimum Gasteiger partial charge on any atom is -0.338 e. The number of rotatable bonds is 4. The monoisotopic (exact) mass is 277 g/mol. The largest absolute Gasteiger partial charge is 0.338 e. The lowest BCUT2D eigenvalue weighted by atomic mass is 9.84. The third-order valence-electron chi connectivity index (χ3n) is 3.57. The second-order valence-corrected chi connectivity index (χ2v) is 5.86. The van der Waals surface area contributed by atoms with E-state index in [1.807, 2.05) is 27.7 Å². The van der Waals surface area contributed by atoms with Gasteiger partial charge in [-0.3, -0.25) is 0 Å². The van der Waals surface area contributed by atoms with Gasteiger partial charge in [-0.2, -0.15) is 4.98 Å². The Hall–Kier alpha value is -1.75. The van der Waals surface area contributed by atoms with E-state index in [9.17, 15) is 4.39 Å². The first-order valence-corrected chi connectivity index (χ1v) is 6.68. The lowest BCUT2D eigenvalue weighted by Crippen LogP contribution is -2.22. The van der Waals surface area contributed by atoms with Gasteiger partial charge in [0.15, 0.2) is 5.82 Å². The number of hydrogen-bond acceptors (Lipinski definition) is 4. The lowest BCUT2D eigenvalue weighted by molar-refractivity contribution is 0.319. The summed E-state index contributed by atoms with van der Waals surface area (Å²) in [5.41, 5.74) is 6.46. The fourth-order valence-corrected chi connectivity index (χ4v) is 1.91. The zero-order valence-electron chi connectivity index (χ0n) is 12.2. The summed E-state index contributed by atoms with van der Waals surface area (Å²) < 4.78 is 18.3. The van der Waals surface area contributed by atoms with Crippen molar-refractivity contribution in [3.63, 3.8) is 0 Å². The number of nitrogens with two attached hydrogens (primary N) is 1. The Morgan fingerprint density at radius 2 is 1.80 bits per heavy atom. The van der Waals surface area contributed by atoms with Gasteiger partial charge in [-0.25, -0.2) is 4.39 Å². The van der Waals surface area contributed by atoms with E-state index >= 15 is 0 Å². The summed E-state index contributed by atoms with van der Waals surface area (Å²) in [6, 6.07) is 6.04. The quantitative estimate of drug-likeness (QED) is 0.932. The normalized spacial score (nSPS) is 13.8. The van der Waals surface area contributed by atoms with Crippen LogP contribution >= 0.6 is 0 Å². The van der Waals surface area contributed by atoms with Crippen molar-refractivity contribution in [2.45, 2.75) is 39.2 Å². The van der Waals surface area contributed by atoms with Gasteiger partial charge in [0.25, 0.3) is 0 Å². The minimum absolute atomic E-state index is 0.220. The standard InChI is InChI=1S/C15H20FN3O/c1-9(2)12(17)13-18-14(19-20-13)15(3,4)10-5-7-11(16)8-6-10/h5-9,12H,17H2,1-4H3. The van der Waals surface area contributed by atoms with Gasteiger partial charge < -0.3 is 10.3 Å². The molecule has 2 N–H and O–H groups in total. The molecule has 0 radical (unpaired) electrons. The molecule has 2 rings (SSSR count). The maximum absolute atomic E-state index is 13.0. The summed E-state index contributed by atoms with van der Waals surface area (Å²) in [4.78, 5) is 4.41. The first-order valence-electron chi connectivity index (χ1n) is 6.68. The van der Waals surface area contributed by atoms with Crippen LogP contribution in [0.5, 0.6) is 0 Å². The van der Waals surface area contributed by atoms with Crippen molar-refractivity contribution < 1.29 is 8.91 Å². The van der Waals surface area contributed by atoms with Gasteiger partial charge in [-0.15, -0.1) is 0 Å². The van der Waals surface area contributed by atoms with E-state index in [4.69, 9.17) is 10.3 Å². The zero-order chi connectivity index (χ0) is 14.9. The number of hydrogen-bond donors (Lipinski definition) is 1. The molecule has 0 spiro atoms. The summed E-state index contributed by atoms with van der Waals surface area (Å²) in [6.45, 7) is 7.94. The van der Waals surface area contributed by atoms with E-state index in [2.05, 4.69) is 10.1 Å². The van der Waals surface area contributed by atoms with Crippen molar-refractivity contribution in [2.24, 2.45) is 11.7 Å². The molecule has 0 aliphatic rings. The van der Waals surface area contributed by atoms with Crippen molar-refractivity contribution in [1.29, 1.82) is 0 Å². The summed E-state index contributed by atoms with van der Waals surface area (Å²) in [5, 5.41) is 4.03. The van der Waals surface area contributed by atoms with Gasteiger partial charge in [0.1, 0.15) is 5.82 Å². The van der Waals surface area contributed by atoms with Gasteiger partial charge in [0.05, 0.1) is 11.5 Å². The molecule has 0 amide bonds. The number of nitrogens with zero attached hydrogens (tertiary/aromatic N) is 2. The number of aromatic nitrogens is 2. The van der Waals surface area contributed by atoms with E-state index in [-0.39, 0.29) is 17.8 Å². The highest BCUT2D eigenvalue weighted by Gasteiger charge is 2.30. The Balaban J connectivity index is 2.32. The third-order valence-corrected chi connectivity index (χ3v) is 3.57. The molecule has 0 saturated heterocycles. The van der Waals surface area contributed by atoms with E-state index in [0.717, 1.165) is 5.56 Å². The van der Waals surface area contributed by atoms with Crippen molar-refractivity contribution >= 4 is 0 Å². The predicted molar refractivity (Wildman–Crippen MR) is 74.6 cm³/mol. The smallest absolute Gasteiger partial charge is 0.243 e. The van der Waals surface area contributed by atoms with Gasteiger partial charge in [-0.05, 0) is 37.5 Å². The van der Waals surface area contributed by atoms with Crippen molar-refractivity contribution in [1.82, 2.24) is 10.1 Å². The van der Waals surface area contributed by atoms with Gasteiger partial charge in [0, 0.05) is 0 Å². The molecule has 5 heteroatoms. The van der Waals surface area contributed by atoms with Crippen LogP contribution in [-0.2, 0) is 5.41 Å². The first kappa shape index (κ1) is 14.7. The molecule has 0 aliphatic heterocycles. The predicted octanol–water partition coefficient (Wildman–Crippen LogP) is 3.19. The Bertz CT molecular complexity index is 575. The van der Waals surface area contributed by atoms with Crippen molar-refractivity contribution in [2.75, 3.05) is 0 Å². The fourth-order valence-electron chi connectivity index (χ4n) is 1.91. The molecule has 0 saturated carbocycles. The maximum atomic E-state index is 13.0. The SMILES string of the molecule is CC(C)C(N)c1nc(C(C)(C)c2ccc(F)cc2)no1. The second-order valence-electron chi connectivity index (χ2n) is 5.86. The molecule has 1 heterocycles. The number of benzene rings is 1. The average molecular weight is 277 g/mol. The van der Waals surface area contributed by atoms with E-state index in [0.29, 0.717) is 11.7 Å². The molecule has 1 aromatic carbocycles. The van der Waals surface area contributed by atoms with Gasteiger partial charge in [0.2, 0.25) is 5.89 Å². The first-order chi connectivity index (χ1) is 9.32. The third kappa shape index (κ3) is 2.72. The second kappa shape index (κ2) is 5.32. The molecular weight excluding hydrogens is 257 g/mol. The Labute approximate surface area is 118 Å². The van der Waals surface area contributed by atoms with Crippen LogP contribution in [0.15, 0.2) is 28.8 Å². The summed E-state index contributed by atoms with van der Waals surface area (Å²) in [7, 11) is 0. The molecule has 0 fully saturated rings. The van der Waals surface area contributed by atoms with Crippen LogP contribution in [0.1, 0.15) is 51.0 Å². The summed E-state index contributed by atoms with van der Waals surface area (Å²) in [5.74, 6) is 0.942. The Kier molecular flexibility index (Phi) is 3.90. The Morgan fingerprint density at radius 3 is 2.35 bits per heavy atom. The molecule has 2 aromatic rings. The lowest BCUT2D eigenvalue weighted by Gasteiger charge is -2.20. The van der Waals surface area contributed by atoms with Crippen LogP contribution in [0.25, 0.3) is 0 Å². The fraction of sp³-hybridized carbons (Fsp3) is 0.467. The molecule has 1 unspecified atom stereocenters. The molecule has 0 aliphatic carbocycles. The van der Waals surface area contributed by atoms with E-state index in [1.165, 1.54) is 12.1 Å². The summed E-state index contributed by atoms with van der Waals surface area (Å²) >= 11 is 0. The number of halogens is 1. The van der Waals surface area contributed by atoms with Gasteiger partial charge in [-0.1, -0.05) is 31.1 Å². The molecule has 1 aromatic heterocycles. The highest BCUT2D eigenvalue weighted by Crippen LogP contribution is 2.30. The minimum atomic E-state index is -0.466. The highest BCUT2D eigenvalue weighted by atomic mass is 19.1. The van der Waals surface area contributed by atoms with Crippen LogP contribution in [-0.4, -0.2) is 10.1 Å². The summed E-state index contributed by atoms with van der Waals surface area (Å²) in [6.07, 6.45) is 0. The molecule has 1 atom stereocenters. The van der Waals surface area contributed by atoms with Crippen molar-refractivity contribution in [3.8, 4) is 0 Å². The molecule has 4 nitrogen and oxygen atoms in total. The molecule has 108 valence electrons. The molecular formula is C15H20FN3O. The van der Waals surface area contributed by atoms with E-state index < -0.39 is 5.41 Å². The highest BCUT2D eigenvalue weighted by molar-refractivity contribution is 5.30. The van der Waals surface area contributed by atoms with Crippen LogP contribution in [0.2, 0.25) is 0 Å². The van der Waals surface area contributed by atoms with Crippen LogP contribution in [0.4, 0.5) is 4.39 Å². The Morgan fingerprint density at radius 1 is 1.20 bits per heavy atom. The molecule has 0 bridgehead atoms. The molecule has 20 heavy (non-hydrogen) atoms.